The maximum absolute atomic E-state index is 9.57. The molecular formula is C12H15BrN2O. The van der Waals surface area contributed by atoms with Crippen LogP contribution in [0.3, 0.4) is 0 Å². The van der Waals surface area contributed by atoms with E-state index in [0.29, 0.717) is 12.1 Å². The number of aliphatic hydroxyl groups is 1. The van der Waals surface area contributed by atoms with Crippen molar-refractivity contribution in [2.75, 3.05) is 11.9 Å². The van der Waals surface area contributed by atoms with Crippen LogP contribution in [0.25, 0.3) is 0 Å². The molecule has 0 saturated heterocycles. The molecule has 0 bridgehead atoms. The van der Waals surface area contributed by atoms with Crippen LogP contribution in [0.1, 0.15) is 25.3 Å². The Hall–Kier alpha value is -1.05. The summed E-state index contributed by atoms with van der Waals surface area (Å²) < 4.78 is 0.843. The standard InChI is InChI=1S/C12H15BrN2O/c1-2-3-10(16)8-15-12-5-4-9(7-14)6-11(12)13/h4-6,10,15-16H,2-3,8H2,1H3. The first-order valence-corrected chi connectivity index (χ1v) is 6.08. The van der Waals surface area contributed by atoms with Crippen molar-refractivity contribution in [2.45, 2.75) is 25.9 Å². The van der Waals surface area contributed by atoms with Crippen LogP contribution in [-0.4, -0.2) is 17.8 Å². The highest BCUT2D eigenvalue weighted by atomic mass is 79.9. The second kappa shape index (κ2) is 6.51. The van der Waals surface area contributed by atoms with Crippen molar-refractivity contribution < 1.29 is 5.11 Å². The Bertz CT molecular complexity index is 387. The summed E-state index contributed by atoms with van der Waals surface area (Å²) in [5, 5.41) is 21.4. The number of hydrogen-bond donors (Lipinski definition) is 2. The molecule has 16 heavy (non-hydrogen) atoms. The molecule has 0 radical (unpaired) electrons. The first kappa shape index (κ1) is 13.0. The van der Waals surface area contributed by atoms with E-state index >= 15 is 0 Å². The Labute approximate surface area is 104 Å². The number of nitrogens with one attached hydrogen (secondary N) is 1. The molecule has 2 N–H and O–H groups in total. The monoisotopic (exact) mass is 282 g/mol. The molecule has 1 aromatic carbocycles. The molecule has 0 fully saturated rings. The van der Waals surface area contributed by atoms with E-state index in [1.165, 1.54) is 0 Å². The lowest BCUT2D eigenvalue weighted by atomic mass is 10.2. The van der Waals surface area contributed by atoms with E-state index in [0.717, 1.165) is 23.0 Å². The number of benzene rings is 1. The Morgan fingerprint density at radius 3 is 2.88 bits per heavy atom. The zero-order chi connectivity index (χ0) is 12.0. The first-order valence-electron chi connectivity index (χ1n) is 5.29. The van der Waals surface area contributed by atoms with Crippen molar-refractivity contribution in [1.82, 2.24) is 0 Å². The average molecular weight is 283 g/mol. The summed E-state index contributed by atoms with van der Waals surface area (Å²) in [6, 6.07) is 7.42. The van der Waals surface area contributed by atoms with Crippen molar-refractivity contribution in [1.29, 1.82) is 5.26 Å². The van der Waals surface area contributed by atoms with E-state index in [-0.39, 0.29) is 6.10 Å². The third-order valence-corrected chi connectivity index (χ3v) is 2.90. The molecule has 0 spiro atoms. The molecule has 4 heteroatoms. The fourth-order valence-corrected chi connectivity index (χ4v) is 1.91. The fraction of sp³-hybridized carbons (Fsp3) is 0.417. The normalized spacial score (nSPS) is 11.9. The van der Waals surface area contributed by atoms with Crippen molar-refractivity contribution in [3.63, 3.8) is 0 Å². The molecule has 0 amide bonds. The third kappa shape index (κ3) is 3.84. The quantitative estimate of drug-likeness (QED) is 0.873. The van der Waals surface area contributed by atoms with E-state index in [1.54, 1.807) is 12.1 Å². The van der Waals surface area contributed by atoms with Crippen LogP contribution in [0.15, 0.2) is 22.7 Å². The second-order valence-electron chi connectivity index (χ2n) is 3.63. The van der Waals surface area contributed by atoms with Gasteiger partial charge in [-0.3, -0.25) is 0 Å². The molecule has 0 aliphatic heterocycles. The lowest BCUT2D eigenvalue weighted by Crippen LogP contribution is -2.19. The van der Waals surface area contributed by atoms with Crippen LogP contribution in [0.4, 0.5) is 5.69 Å². The second-order valence-corrected chi connectivity index (χ2v) is 4.48. The Balaban J connectivity index is 2.58. The summed E-state index contributed by atoms with van der Waals surface area (Å²) in [4.78, 5) is 0. The van der Waals surface area contributed by atoms with Gasteiger partial charge in [-0.05, 0) is 40.5 Å². The summed E-state index contributed by atoms with van der Waals surface area (Å²) in [7, 11) is 0. The number of halogens is 1. The first-order chi connectivity index (χ1) is 7.67. The maximum Gasteiger partial charge on any atom is 0.0992 e. The average Bonchev–Trinajstić information content (AvgIpc) is 2.27. The van der Waals surface area contributed by atoms with Gasteiger partial charge >= 0.3 is 0 Å². The number of nitrogens with zero attached hydrogens (tertiary/aromatic N) is 1. The summed E-state index contributed by atoms with van der Waals surface area (Å²) in [5.41, 5.74) is 1.51. The van der Waals surface area contributed by atoms with Gasteiger partial charge < -0.3 is 10.4 Å². The summed E-state index contributed by atoms with van der Waals surface area (Å²) in [6.07, 6.45) is 1.44. The molecule has 3 nitrogen and oxygen atoms in total. The number of aliphatic hydroxyl groups excluding tert-OH is 1. The van der Waals surface area contributed by atoms with E-state index < -0.39 is 0 Å². The van der Waals surface area contributed by atoms with Crippen molar-refractivity contribution in [3.05, 3.63) is 28.2 Å². The van der Waals surface area contributed by atoms with Crippen molar-refractivity contribution >= 4 is 21.6 Å². The predicted octanol–water partition coefficient (Wildman–Crippen LogP) is 2.89. The number of anilines is 1. The SMILES string of the molecule is CCCC(O)CNc1ccc(C#N)cc1Br. The molecule has 0 aromatic heterocycles. The molecule has 1 unspecified atom stereocenters. The van der Waals surface area contributed by atoms with Gasteiger partial charge in [0.05, 0.1) is 17.7 Å². The molecule has 0 saturated carbocycles. The topological polar surface area (TPSA) is 56.0 Å². The highest BCUT2D eigenvalue weighted by Crippen LogP contribution is 2.23. The van der Waals surface area contributed by atoms with Gasteiger partial charge in [0.1, 0.15) is 0 Å². The molecule has 0 aliphatic rings. The van der Waals surface area contributed by atoms with Crippen LogP contribution in [0.5, 0.6) is 0 Å². The van der Waals surface area contributed by atoms with Crippen molar-refractivity contribution in [3.8, 4) is 6.07 Å². The predicted molar refractivity (Wildman–Crippen MR) is 68.3 cm³/mol. The largest absolute Gasteiger partial charge is 0.391 e. The van der Waals surface area contributed by atoms with E-state index in [4.69, 9.17) is 5.26 Å². The summed E-state index contributed by atoms with van der Waals surface area (Å²) in [5.74, 6) is 0. The number of nitriles is 1. The van der Waals surface area contributed by atoms with Gasteiger partial charge in [0.25, 0.3) is 0 Å². The highest BCUT2D eigenvalue weighted by Gasteiger charge is 2.05. The minimum Gasteiger partial charge on any atom is -0.391 e. The van der Waals surface area contributed by atoms with Crippen LogP contribution in [-0.2, 0) is 0 Å². The van der Waals surface area contributed by atoms with Gasteiger partial charge in [-0.25, -0.2) is 0 Å². The van der Waals surface area contributed by atoms with E-state index in [9.17, 15) is 5.11 Å². The van der Waals surface area contributed by atoms with Crippen LogP contribution >= 0.6 is 15.9 Å². The van der Waals surface area contributed by atoms with Gasteiger partial charge in [0.15, 0.2) is 0 Å². The van der Waals surface area contributed by atoms with Crippen LogP contribution < -0.4 is 5.32 Å². The lowest BCUT2D eigenvalue weighted by Gasteiger charge is -2.13. The van der Waals surface area contributed by atoms with E-state index in [2.05, 4.69) is 27.3 Å². The lowest BCUT2D eigenvalue weighted by molar-refractivity contribution is 0.176. The molecule has 0 heterocycles. The Kier molecular flexibility index (Phi) is 5.30. The van der Waals surface area contributed by atoms with Gasteiger partial charge in [-0.15, -0.1) is 0 Å². The molecule has 0 aliphatic carbocycles. The number of rotatable bonds is 5. The van der Waals surface area contributed by atoms with Crippen molar-refractivity contribution in [2.24, 2.45) is 0 Å². The Morgan fingerprint density at radius 1 is 1.56 bits per heavy atom. The molecule has 1 rings (SSSR count). The Morgan fingerprint density at radius 2 is 2.31 bits per heavy atom. The van der Waals surface area contributed by atoms with Gasteiger partial charge in [0.2, 0.25) is 0 Å². The summed E-state index contributed by atoms with van der Waals surface area (Å²) >= 11 is 3.38. The number of hydrogen-bond acceptors (Lipinski definition) is 3. The third-order valence-electron chi connectivity index (χ3n) is 2.25. The minimum absolute atomic E-state index is 0.326. The maximum atomic E-state index is 9.57. The smallest absolute Gasteiger partial charge is 0.0992 e. The molecule has 1 atom stereocenters. The fourth-order valence-electron chi connectivity index (χ4n) is 1.39. The summed E-state index contributed by atoms with van der Waals surface area (Å²) in [6.45, 7) is 2.57. The minimum atomic E-state index is -0.326. The molecule has 1 aromatic rings. The van der Waals surface area contributed by atoms with E-state index in [1.807, 2.05) is 13.0 Å². The zero-order valence-electron chi connectivity index (χ0n) is 9.20. The van der Waals surface area contributed by atoms with Gasteiger partial charge in [-0.1, -0.05) is 13.3 Å². The molecular weight excluding hydrogens is 268 g/mol. The van der Waals surface area contributed by atoms with Gasteiger partial charge in [-0.2, -0.15) is 5.26 Å². The van der Waals surface area contributed by atoms with Crippen LogP contribution in [0.2, 0.25) is 0 Å². The van der Waals surface area contributed by atoms with Crippen LogP contribution in [0, 0.1) is 11.3 Å². The molecule has 86 valence electrons. The highest BCUT2D eigenvalue weighted by molar-refractivity contribution is 9.10. The zero-order valence-corrected chi connectivity index (χ0v) is 10.8. The van der Waals surface area contributed by atoms with Gasteiger partial charge in [0, 0.05) is 16.7 Å².